The molecule has 0 bridgehead atoms. The molecule has 2 aromatic rings. The van der Waals surface area contributed by atoms with E-state index in [0.717, 1.165) is 18.2 Å². The van der Waals surface area contributed by atoms with E-state index in [4.69, 9.17) is 5.11 Å². The summed E-state index contributed by atoms with van der Waals surface area (Å²) in [5.74, 6) is 6.71. The first-order valence-electron chi connectivity index (χ1n) is 9.11. The minimum Gasteiger partial charge on any atom is -0.384 e. The fourth-order valence-electron chi connectivity index (χ4n) is 3.77. The maximum absolute atomic E-state index is 8.93. The number of nitrogens with zero attached hydrogens (tertiary/aromatic N) is 2. The lowest BCUT2D eigenvalue weighted by Gasteiger charge is -2.28. The van der Waals surface area contributed by atoms with Gasteiger partial charge in [0.25, 0.3) is 0 Å². The van der Waals surface area contributed by atoms with Crippen LogP contribution in [-0.4, -0.2) is 41.3 Å². The van der Waals surface area contributed by atoms with Crippen LogP contribution in [-0.2, 0) is 13.0 Å². The molecule has 128 valence electrons. The van der Waals surface area contributed by atoms with Crippen LogP contribution in [0, 0.1) is 17.8 Å². The summed E-state index contributed by atoms with van der Waals surface area (Å²) in [4.78, 5) is 2.44. The van der Waals surface area contributed by atoms with E-state index in [1.807, 2.05) is 0 Å². The van der Waals surface area contributed by atoms with Crippen molar-refractivity contribution in [1.29, 1.82) is 0 Å². The van der Waals surface area contributed by atoms with Gasteiger partial charge in [0, 0.05) is 17.4 Å². The number of aliphatic hydroxyl groups excluding tert-OH is 1. The van der Waals surface area contributed by atoms with Gasteiger partial charge in [-0.3, -0.25) is 0 Å². The van der Waals surface area contributed by atoms with Gasteiger partial charge in [0.1, 0.15) is 6.61 Å². The van der Waals surface area contributed by atoms with Crippen LogP contribution in [0.25, 0.3) is 10.9 Å². The van der Waals surface area contributed by atoms with E-state index in [1.54, 1.807) is 0 Å². The molecule has 1 aromatic carbocycles. The Morgan fingerprint density at radius 3 is 2.71 bits per heavy atom. The van der Waals surface area contributed by atoms with Gasteiger partial charge in [-0.25, -0.2) is 0 Å². The molecule has 1 aliphatic rings. The van der Waals surface area contributed by atoms with Crippen molar-refractivity contribution in [2.45, 2.75) is 39.2 Å². The molecule has 0 atom stereocenters. The van der Waals surface area contributed by atoms with E-state index in [1.165, 1.54) is 55.2 Å². The number of hydrogen-bond donors (Lipinski definition) is 1. The zero-order valence-electron chi connectivity index (χ0n) is 14.9. The number of aryl methyl sites for hydroxylation is 2. The fourth-order valence-corrected chi connectivity index (χ4v) is 3.77. The SMILES string of the molecule is CCn1c(C#CCO)cc2cc(CCC3CCN(C)CC3)ccc21. The van der Waals surface area contributed by atoms with Crippen molar-refractivity contribution in [1.82, 2.24) is 9.47 Å². The molecule has 0 unspecified atom stereocenters. The normalized spacial score (nSPS) is 16.3. The van der Waals surface area contributed by atoms with Crippen molar-refractivity contribution in [3.05, 3.63) is 35.5 Å². The van der Waals surface area contributed by atoms with Crippen molar-refractivity contribution in [2.24, 2.45) is 5.92 Å². The third kappa shape index (κ3) is 3.83. The van der Waals surface area contributed by atoms with Gasteiger partial charge in [-0.05, 0) is 88.3 Å². The van der Waals surface area contributed by atoms with Gasteiger partial charge < -0.3 is 14.6 Å². The highest BCUT2D eigenvalue weighted by Crippen LogP contribution is 2.25. The van der Waals surface area contributed by atoms with Crippen molar-refractivity contribution in [2.75, 3.05) is 26.7 Å². The zero-order valence-corrected chi connectivity index (χ0v) is 14.9. The Hall–Kier alpha value is -1.76. The third-order valence-electron chi connectivity index (χ3n) is 5.26. The second-order valence-corrected chi connectivity index (χ2v) is 6.91. The van der Waals surface area contributed by atoms with E-state index < -0.39 is 0 Å². The molecule has 1 saturated heterocycles. The highest BCUT2D eigenvalue weighted by Gasteiger charge is 2.16. The molecule has 24 heavy (non-hydrogen) atoms. The highest BCUT2D eigenvalue weighted by atomic mass is 16.2. The maximum atomic E-state index is 8.93. The maximum Gasteiger partial charge on any atom is 0.104 e. The molecule has 1 aliphatic heterocycles. The summed E-state index contributed by atoms with van der Waals surface area (Å²) in [7, 11) is 2.22. The summed E-state index contributed by atoms with van der Waals surface area (Å²) in [5.41, 5.74) is 3.66. The molecule has 0 spiro atoms. The highest BCUT2D eigenvalue weighted by molar-refractivity contribution is 5.83. The predicted octanol–water partition coefficient (Wildman–Crippen LogP) is 3.28. The second kappa shape index (κ2) is 7.88. The monoisotopic (exact) mass is 324 g/mol. The average molecular weight is 324 g/mol. The van der Waals surface area contributed by atoms with Crippen LogP contribution in [0.4, 0.5) is 0 Å². The van der Waals surface area contributed by atoms with E-state index in [-0.39, 0.29) is 6.61 Å². The van der Waals surface area contributed by atoms with Crippen LogP contribution in [0.15, 0.2) is 24.3 Å². The Kier molecular flexibility index (Phi) is 5.60. The lowest BCUT2D eigenvalue weighted by molar-refractivity contribution is 0.212. The zero-order chi connectivity index (χ0) is 16.9. The van der Waals surface area contributed by atoms with Gasteiger partial charge in [-0.15, -0.1) is 0 Å². The minimum atomic E-state index is -0.0902. The smallest absolute Gasteiger partial charge is 0.104 e. The van der Waals surface area contributed by atoms with E-state index >= 15 is 0 Å². The number of rotatable bonds is 4. The molecule has 1 aromatic heterocycles. The van der Waals surface area contributed by atoms with E-state index in [2.05, 4.69) is 59.5 Å². The summed E-state index contributed by atoms with van der Waals surface area (Å²) < 4.78 is 2.22. The molecule has 0 radical (unpaired) electrons. The van der Waals surface area contributed by atoms with Crippen molar-refractivity contribution in [3.8, 4) is 11.8 Å². The van der Waals surface area contributed by atoms with Crippen molar-refractivity contribution in [3.63, 3.8) is 0 Å². The van der Waals surface area contributed by atoms with E-state index in [9.17, 15) is 0 Å². The lowest BCUT2D eigenvalue weighted by Crippen LogP contribution is -2.30. The number of hydrogen-bond acceptors (Lipinski definition) is 2. The van der Waals surface area contributed by atoms with E-state index in [0.29, 0.717) is 0 Å². The summed E-state index contributed by atoms with van der Waals surface area (Å²) in [6, 6.07) is 8.97. The molecule has 0 saturated carbocycles. The molecule has 2 heterocycles. The summed E-state index contributed by atoms with van der Waals surface area (Å²) >= 11 is 0. The van der Waals surface area contributed by atoms with Crippen LogP contribution in [0.2, 0.25) is 0 Å². The first-order chi connectivity index (χ1) is 11.7. The van der Waals surface area contributed by atoms with Crippen LogP contribution < -0.4 is 0 Å². The Labute approximate surface area is 145 Å². The molecule has 3 heteroatoms. The molecular formula is C21H28N2O. The summed E-state index contributed by atoms with van der Waals surface area (Å²) in [5, 5.41) is 10.2. The Morgan fingerprint density at radius 2 is 2.00 bits per heavy atom. The quantitative estimate of drug-likeness (QED) is 0.874. The topological polar surface area (TPSA) is 28.4 Å². The number of aromatic nitrogens is 1. The van der Waals surface area contributed by atoms with Crippen LogP contribution in [0.5, 0.6) is 0 Å². The molecule has 3 nitrogen and oxygen atoms in total. The van der Waals surface area contributed by atoms with Gasteiger partial charge in [-0.1, -0.05) is 12.0 Å². The average Bonchev–Trinajstić information content (AvgIpc) is 2.96. The van der Waals surface area contributed by atoms with Crippen molar-refractivity contribution < 1.29 is 5.11 Å². The number of likely N-dealkylation sites (tertiary alicyclic amines) is 1. The predicted molar refractivity (Wildman–Crippen MR) is 100 cm³/mol. The van der Waals surface area contributed by atoms with Crippen molar-refractivity contribution >= 4 is 10.9 Å². The largest absolute Gasteiger partial charge is 0.384 e. The molecule has 3 rings (SSSR count). The van der Waals surface area contributed by atoms with Gasteiger partial charge in [0.2, 0.25) is 0 Å². The molecule has 0 aliphatic carbocycles. The number of benzene rings is 1. The van der Waals surface area contributed by atoms with Gasteiger partial charge in [-0.2, -0.15) is 0 Å². The first kappa shape index (κ1) is 17.1. The summed E-state index contributed by atoms with van der Waals surface area (Å²) in [6.45, 7) is 5.43. The lowest BCUT2D eigenvalue weighted by atomic mass is 9.90. The standard InChI is InChI=1S/C21H28N2O/c1-3-23-20(5-4-14-24)16-19-15-18(8-9-21(19)23)7-6-17-10-12-22(2)13-11-17/h8-9,15-17,24H,3,6-7,10-14H2,1-2H3. The Bertz CT molecular complexity index is 742. The fraction of sp³-hybridized carbons (Fsp3) is 0.524. The summed E-state index contributed by atoms with van der Waals surface area (Å²) in [6.07, 6.45) is 5.14. The first-order valence-corrected chi connectivity index (χ1v) is 9.11. The number of piperidine rings is 1. The second-order valence-electron chi connectivity index (χ2n) is 6.91. The Balaban J connectivity index is 1.73. The number of aliphatic hydroxyl groups is 1. The third-order valence-corrected chi connectivity index (χ3v) is 5.26. The molecule has 1 fully saturated rings. The molecule has 1 N–H and O–H groups in total. The number of fused-ring (bicyclic) bond motifs is 1. The van der Waals surface area contributed by atoms with Crippen LogP contribution >= 0.6 is 0 Å². The molecular weight excluding hydrogens is 296 g/mol. The molecule has 0 amide bonds. The van der Waals surface area contributed by atoms with Gasteiger partial charge >= 0.3 is 0 Å². The van der Waals surface area contributed by atoms with Crippen LogP contribution in [0.3, 0.4) is 0 Å². The van der Waals surface area contributed by atoms with Gasteiger partial charge in [0.15, 0.2) is 0 Å². The minimum absolute atomic E-state index is 0.0902. The van der Waals surface area contributed by atoms with Gasteiger partial charge in [0.05, 0.1) is 5.69 Å². The van der Waals surface area contributed by atoms with Crippen LogP contribution in [0.1, 0.15) is 37.4 Å². The Morgan fingerprint density at radius 1 is 1.21 bits per heavy atom.